The summed E-state index contributed by atoms with van der Waals surface area (Å²) in [5.41, 5.74) is 1.23. The third kappa shape index (κ3) is 5.08. The zero-order chi connectivity index (χ0) is 20.9. The van der Waals surface area contributed by atoms with E-state index in [2.05, 4.69) is 15.5 Å². The zero-order valence-electron chi connectivity index (χ0n) is 17.3. The number of nitrogens with one attached hydrogen (secondary N) is 2. The Bertz CT molecular complexity index is 839. The van der Waals surface area contributed by atoms with E-state index in [-0.39, 0.29) is 11.8 Å². The summed E-state index contributed by atoms with van der Waals surface area (Å²) in [5.74, 6) is 0.0163. The van der Waals surface area contributed by atoms with E-state index in [1.807, 2.05) is 31.2 Å². The minimum Gasteiger partial charge on any atom is -0.494 e. The van der Waals surface area contributed by atoms with Crippen molar-refractivity contribution in [2.75, 3.05) is 35.2 Å². The van der Waals surface area contributed by atoms with E-state index in [0.717, 1.165) is 24.5 Å². The molecule has 1 aliphatic rings. The quantitative estimate of drug-likeness (QED) is 0.686. The van der Waals surface area contributed by atoms with Gasteiger partial charge in [0.15, 0.2) is 0 Å². The van der Waals surface area contributed by atoms with Gasteiger partial charge in [0.25, 0.3) is 0 Å². The van der Waals surface area contributed by atoms with Crippen molar-refractivity contribution in [1.82, 2.24) is 0 Å². The summed E-state index contributed by atoms with van der Waals surface area (Å²) < 4.78 is 5.40. The molecular weight excluding hydrogens is 366 g/mol. The van der Waals surface area contributed by atoms with Crippen molar-refractivity contribution in [3.63, 3.8) is 0 Å². The molecule has 1 heterocycles. The average Bonchev–Trinajstić information content (AvgIpc) is 3.25. The first-order valence-corrected chi connectivity index (χ1v) is 10.1. The second kappa shape index (κ2) is 8.99. The Morgan fingerprint density at radius 1 is 0.897 bits per heavy atom. The van der Waals surface area contributed by atoms with E-state index in [9.17, 15) is 9.59 Å². The Morgan fingerprint density at radius 3 is 1.86 bits per heavy atom. The van der Waals surface area contributed by atoms with Crippen LogP contribution in [-0.2, 0) is 9.59 Å². The first kappa shape index (κ1) is 20.7. The number of rotatable bonds is 7. The van der Waals surface area contributed by atoms with E-state index in [1.54, 1.807) is 38.1 Å². The molecule has 6 heteroatoms. The Balaban J connectivity index is 1.60. The third-order valence-corrected chi connectivity index (χ3v) is 5.15. The Hall–Kier alpha value is -3.02. The number of amides is 2. The standard InChI is InChI=1S/C23H29N3O3/c1-4-29-20-13-9-18(10-14-20)25-22(28)23(2,3)21(27)24-17-7-11-19(12-8-17)26-15-5-6-16-26/h7-14H,4-6,15-16H2,1-3H3,(H,24,27)(H,25,28). The Morgan fingerprint density at radius 2 is 1.38 bits per heavy atom. The summed E-state index contributed by atoms with van der Waals surface area (Å²) in [4.78, 5) is 27.8. The maximum absolute atomic E-state index is 12.7. The van der Waals surface area contributed by atoms with Gasteiger partial charge in [0.1, 0.15) is 11.2 Å². The molecule has 0 aliphatic carbocycles. The number of nitrogens with zero attached hydrogens (tertiary/aromatic N) is 1. The lowest BCUT2D eigenvalue weighted by Crippen LogP contribution is -2.41. The monoisotopic (exact) mass is 395 g/mol. The van der Waals surface area contributed by atoms with Gasteiger partial charge in [-0.15, -0.1) is 0 Å². The first-order chi connectivity index (χ1) is 13.9. The van der Waals surface area contributed by atoms with Gasteiger partial charge < -0.3 is 20.3 Å². The highest BCUT2D eigenvalue weighted by atomic mass is 16.5. The molecule has 2 N–H and O–H groups in total. The molecule has 2 amide bonds. The van der Waals surface area contributed by atoms with Crippen molar-refractivity contribution in [3.05, 3.63) is 48.5 Å². The van der Waals surface area contributed by atoms with Crippen LogP contribution in [0, 0.1) is 5.41 Å². The van der Waals surface area contributed by atoms with Gasteiger partial charge in [0.2, 0.25) is 11.8 Å². The van der Waals surface area contributed by atoms with E-state index in [1.165, 1.54) is 12.8 Å². The second-order valence-corrected chi connectivity index (χ2v) is 7.73. The van der Waals surface area contributed by atoms with Crippen LogP contribution < -0.4 is 20.3 Å². The normalized spacial score (nSPS) is 13.8. The lowest BCUT2D eigenvalue weighted by Gasteiger charge is -2.23. The van der Waals surface area contributed by atoms with Gasteiger partial charge in [0.05, 0.1) is 6.61 Å². The smallest absolute Gasteiger partial charge is 0.239 e. The first-order valence-electron chi connectivity index (χ1n) is 10.1. The third-order valence-electron chi connectivity index (χ3n) is 5.15. The molecule has 2 aromatic rings. The van der Waals surface area contributed by atoms with Gasteiger partial charge in [-0.05, 0) is 82.1 Å². The molecule has 1 aliphatic heterocycles. The molecule has 0 unspecified atom stereocenters. The minimum absolute atomic E-state index is 0.352. The fraction of sp³-hybridized carbons (Fsp3) is 0.391. The molecule has 6 nitrogen and oxygen atoms in total. The van der Waals surface area contributed by atoms with Crippen molar-refractivity contribution in [3.8, 4) is 5.75 Å². The maximum atomic E-state index is 12.7. The topological polar surface area (TPSA) is 70.7 Å². The van der Waals surface area contributed by atoms with Crippen LogP contribution in [0.25, 0.3) is 0 Å². The lowest BCUT2D eigenvalue weighted by molar-refractivity contribution is -0.135. The molecular formula is C23H29N3O3. The number of benzene rings is 2. The fourth-order valence-electron chi connectivity index (χ4n) is 3.21. The van der Waals surface area contributed by atoms with Crippen molar-refractivity contribution in [2.24, 2.45) is 5.41 Å². The van der Waals surface area contributed by atoms with Gasteiger partial charge in [0, 0.05) is 30.2 Å². The lowest BCUT2D eigenvalue weighted by atomic mass is 9.90. The Kier molecular flexibility index (Phi) is 6.42. The molecule has 1 fully saturated rings. The average molecular weight is 396 g/mol. The highest BCUT2D eigenvalue weighted by Gasteiger charge is 2.36. The van der Waals surface area contributed by atoms with E-state index in [4.69, 9.17) is 4.74 Å². The van der Waals surface area contributed by atoms with E-state index < -0.39 is 5.41 Å². The predicted molar refractivity (Wildman–Crippen MR) is 117 cm³/mol. The van der Waals surface area contributed by atoms with Crippen LogP contribution in [0.1, 0.15) is 33.6 Å². The maximum Gasteiger partial charge on any atom is 0.239 e. The van der Waals surface area contributed by atoms with Crippen LogP contribution in [0.4, 0.5) is 17.1 Å². The van der Waals surface area contributed by atoms with Crippen LogP contribution >= 0.6 is 0 Å². The molecule has 3 rings (SSSR count). The number of ether oxygens (including phenoxy) is 1. The summed E-state index contributed by atoms with van der Waals surface area (Å²) in [5, 5.41) is 5.66. The van der Waals surface area contributed by atoms with Crippen LogP contribution in [0.2, 0.25) is 0 Å². The van der Waals surface area contributed by atoms with Gasteiger partial charge >= 0.3 is 0 Å². The fourth-order valence-corrected chi connectivity index (χ4v) is 3.21. The van der Waals surface area contributed by atoms with Crippen molar-refractivity contribution in [2.45, 2.75) is 33.6 Å². The zero-order valence-corrected chi connectivity index (χ0v) is 17.3. The van der Waals surface area contributed by atoms with Crippen LogP contribution in [0.3, 0.4) is 0 Å². The predicted octanol–water partition coefficient (Wildman–Crippen LogP) is 4.29. The highest BCUT2D eigenvalue weighted by molar-refractivity contribution is 6.14. The van der Waals surface area contributed by atoms with Gasteiger partial charge in [-0.1, -0.05) is 0 Å². The number of anilines is 3. The van der Waals surface area contributed by atoms with Crippen molar-refractivity contribution >= 4 is 28.9 Å². The SMILES string of the molecule is CCOc1ccc(NC(=O)C(C)(C)C(=O)Nc2ccc(N3CCCC3)cc2)cc1. The molecule has 0 bridgehead atoms. The summed E-state index contributed by atoms with van der Waals surface area (Å²) in [6.45, 7) is 7.87. The molecule has 0 saturated carbocycles. The van der Waals surface area contributed by atoms with Crippen LogP contribution in [0.15, 0.2) is 48.5 Å². The molecule has 1 saturated heterocycles. The molecule has 154 valence electrons. The number of carbonyl (C=O) groups is 2. The number of hydrogen-bond donors (Lipinski definition) is 2. The second-order valence-electron chi connectivity index (χ2n) is 7.73. The van der Waals surface area contributed by atoms with Crippen LogP contribution in [0.5, 0.6) is 5.75 Å². The van der Waals surface area contributed by atoms with Crippen molar-refractivity contribution in [1.29, 1.82) is 0 Å². The summed E-state index contributed by atoms with van der Waals surface area (Å²) in [6, 6.07) is 14.9. The van der Waals surface area contributed by atoms with Gasteiger partial charge in [-0.25, -0.2) is 0 Å². The molecule has 0 spiro atoms. The van der Waals surface area contributed by atoms with Gasteiger partial charge in [-0.2, -0.15) is 0 Å². The van der Waals surface area contributed by atoms with E-state index >= 15 is 0 Å². The molecule has 2 aromatic carbocycles. The molecule has 0 radical (unpaired) electrons. The minimum atomic E-state index is -1.23. The van der Waals surface area contributed by atoms with Crippen molar-refractivity contribution < 1.29 is 14.3 Å². The largest absolute Gasteiger partial charge is 0.494 e. The van der Waals surface area contributed by atoms with E-state index in [0.29, 0.717) is 18.0 Å². The Labute approximate surface area is 172 Å². The summed E-state index contributed by atoms with van der Waals surface area (Å²) in [7, 11) is 0. The van der Waals surface area contributed by atoms with Crippen LogP contribution in [-0.4, -0.2) is 31.5 Å². The van der Waals surface area contributed by atoms with Gasteiger partial charge in [-0.3, -0.25) is 9.59 Å². The highest BCUT2D eigenvalue weighted by Crippen LogP contribution is 2.25. The number of carbonyl (C=O) groups excluding carboxylic acids is 2. The molecule has 0 atom stereocenters. The molecule has 29 heavy (non-hydrogen) atoms. The number of hydrogen-bond acceptors (Lipinski definition) is 4. The summed E-state index contributed by atoms with van der Waals surface area (Å²) >= 11 is 0. The molecule has 0 aromatic heterocycles. The summed E-state index contributed by atoms with van der Waals surface area (Å²) in [6.07, 6.45) is 2.44.